The number of methoxy groups -OCH3 is 1. The molecule has 0 saturated carbocycles. The number of nitrogens with one attached hydrogen (secondary N) is 1. The molecule has 4 N–H and O–H groups in total. The molecular formula is C22H30N2O5. The molecule has 7 nitrogen and oxygen atoms in total. The Hall–Kier alpha value is -2.38. The molecule has 1 saturated heterocycles. The van der Waals surface area contributed by atoms with E-state index in [0.717, 1.165) is 25.7 Å². The van der Waals surface area contributed by atoms with Crippen LogP contribution in [0.4, 0.5) is 0 Å². The van der Waals surface area contributed by atoms with Crippen LogP contribution in [0.5, 0.6) is 11.5 Å². The highest BCUT2D eigenvalue weighted by Crippen LogP contribution is 2.31. The van der Waals surface area contributed by atoms with E-state index in [2.05, 4.69) is 11.4 Å². The Balaban J connectivity index is 1.65. The van der Waals surface area contributed by atoms with Gasteiger partial charge in [-0.25, -0.2) is 0 Å². The Kier molecular flexibility index (Phi) is 6.59. The first-order chi connectivity index (χ1) is 13.8. The Morgan fingerprint density at radius 2 is 2.10 bits per heavy atom. The number of epoxide rings is 1. The molecule has 1 aliphatic heterocycles. The number of phenols is 1. The van der Waals surface area contributed by atoms with Gasteiger partial charge in [-0.2, -0.15) is 0 Å². The topological polar surface area (TPSA) is 114 Å². The van der Waals surface area contributed by atoms with E-state index < -0.39 is 17.7 Å². The van der Waals surface area contributed by atoms with E-state index in [1.54, 1.807) is 19.1 Å². The summed E-state index contributed by atoms with van der Waals surface area (Å²) in [6.07, 6.45) is 7.14. The summed E-state index contributed by atoms with van der Waals surface area (Å²) in [7, 11) is 1.47. The molecule has 0 radical (unpaired) electrons. The first-order valence-corrected chi connectivity index (χ1v) is 10.1. The normalized spacial score (nSPS) is 22.9. The zero-order valence-corrected chi connectivity index (χ0v) is 17.1. The lowest BCUT2D eigenvalue weighted by molar-refractivity contribution is -0.131. The highest BCUT2D eigenvalue weighted by Gasteiger charge is 2.50. The summed E-state index contributed by atoms with van der Waals surface area (Å²) < 4.78 is 10.3. The standard InChI is InChI=1S/C22H30N2O5/c1-22(13-29-22)20(26)17(11-14-6-4-3-5-7-14)24-21(27)16(23)10-15-8-9-19(28-2)18(25)12-15/h6,8-9,12,16-17,25H,3-5,7,10-11,13,23H2,1-2H3,(H,24,27). The van der Waals surface area contributed by atoms with Gasteiger partial charge in [-0.1, -0.05) is 17.7 Å². The van der Waals surface area contributed by atoms with Crippen molar-refractivity contribution in [1.82, 2.24) is 5.32 Å². The molecule has 0 bridgehead atoms. The van der Waals surface area contributed by atoms with Gasteiger partial charge in [-0.15, -0.1) is 0 Å². The zero-order chi connectivity index (χ0) is 21.0. The van der Waals surface area contributed by atoms with Gasteiger partial charge >= 0.3 is 0 Å². The number of amides is 1. The maximum Gasteiger partial charge on any atom is 0.237 e. The van der Waals surface area contributed by atoms with Crippen molar-refractivity contribution < 1.29 is 24.2 Å². The van der Waals surface area contributed by atoms with Gasteiger partial charge in [0.15, 0.2) is 17.3 Å². The monoisotopic (exact) mass is 402 g/mol. The van der Waals surface area contributed by atoms with Gasteiger partial charge in [0.25, 0.3) is 0 Å². The van der Waals surface area contributed by atoms with E-state index in [0.29, 0.717) is 24.3 Å². The second-order valence-corrected chi connectivity index (χ2v) is 8.07. The maximum absolute atomic E-state index is 12.9. The molecule has 1 fully saturated rings. The Labute approximate surface area is 171 Å². The van der Waals surface area contributed by atoms with Crippen molar-refractivity contribution in [2.75, 3.05) is 13.7 Å². The number of nitrogens with two attached hydrogens (primary N) is 1. The van der Waals surface area contributed by atoms with Crippen LogP contribution >= 0.6 is 0 Å². The highest BCUT2D eigenvalue weighted by atomic mass is 16.6. The van der Waals surface area contributed by atoms with Crippen LogP contribution in [0, 0.1) is 0 Å². The molecule has 0 spiro atoms. The van der Waals surface area contributed by atoms with Crippen LogP contribution in [-0.2, 0) is 20.7 Å². The summed E-state index contributed by atoms with van der Waals surface area (Å²) in [5.41, 5.74) is 7.20. The van der Waals surface area contributed by atoms with Crippen molar-refractivity contribution in [3.05, 3.63) is 35.4 Å². The van der Waals surface area contributed by atoms with Crippen molar-refractivity contribution in [1.29, 1.82) is 0 Å². The van der Waals surface area contributed by atoms with Crippen molar-refractivity contribution in [2.24, 2.45) is 5.73 Å². The molecule has 3 unspecified atom stereocenters. The summed E-state index contributed by atoms with van der Waals surface area (Å²) in [4.78, 5) is 25.6. The molecule has 29 heavy (non-hydrogen) atoms. The molecule has 7 heteroatoms. The minimum absolute atomic E-state index is 0.00583. The van der Waals surface area contributed by atoms with Gasteiger partial charge in [0.1, 0.15) is 5.60 Å². The van der Waals surface area contributed by atoms with Crippen LogP contribution in [0.25, 0.3) is 0 Å². The van der Waals surface area contributed by atoms with Gasteiger partial charge in [0, 0.05) is 0 Å². The average Bonchev–Trinajstić information content (AvgIpc) is 3.46. The first kappa shape index (κ1) is 21.3. The number of benzene rings is 1. The number of ether oxygens (including phenoxy) is 2. The summed E-state index contributed by atoms with van der Waals surface area (Å²) in [5, 5.41) is 12.8. The fourth-order valence-corrected chi connectivity index (χ4v) is 3.67. The third kappa shape index (κ3) is 5.36. The van der Waals surface area contributed by atoms with Gasteiger partial charge < -0.3 is 25.6 Å². The van der Waals surface area contributed by atoms with E-state index in [4.69, 9.17) is 15.2 Å². The molecule has 0 aromatic heterocycles. The van der Waals surface area contributed by atoms with Gasteiger partial charge in [-0.3, -0.25) is 9.59 Å². The fraction of sp³-hybridized carbons (Fsp3) is 0.545. The number of phenolic OH excluding ortho intramolecular Hbond substituents is 1. The van der Waals surface area contributed by atoms with Gasteiger partial charge in [-0.05, 0) is 63.1 Å². The minimum Gasteiger partial charge on any atom is -0.504 e. The van der Waals surface area contributed by atoms with Gasteiger partial charge in [0.2, 0.25) is 5.91 Å². The van der Waals surface area contributed by atoms with Crippen LogP contribution in [0.3, 0.4) is 0 Å². The number of carbonyl (C=O) groups excluding carboxylic acids is 2. The maximum atomic E-state index is 12.9. The second-order valence-electron chi connectivity index (χ2n) is 8.07. The van der Waals surface area contributed by atoms with Crippen molar-refractivity contribution in [3.8, 4) is 11.5 Å². The first-order valence-electron chi connectivity index (χ1n) is 10.1. The number of Topliss-reactive ketones (excluding diaryl/α,β-unsaturated/α-hetero) is 1. The molecule has 158 valence electrons. The van der Waals surface area contributed by atoms with E-state index >= 15 is 0 Å². The number of rotatable bonds is 9. The SMILES string of the molecule is COc1ccc(CC(N)C(=O)NC(CC2=CCCCC2)C(=O)C2(C)CO2)cc1O. The highest BCUT2D eigenvalue weighted by molar-refractivity contribution is 5.97. The summed E-state index contributed by atoms with van der Waals surface area (Å²) in [5.74, 6) is -0.143. The molecule has 2 aliphatic rings. The van der Waals surface area contributed by atoms with E-state index in [1.165, 1.54) is 18.7 Å². The molecule has 1 amide bonds. The van der Waals surface area contributed by atoms with Crippen LogP contribution in [0.1, 0.15) is 44.6 Å². The van der Waals surface area contributed by atoms with E-state index in [-0.39, 0.29) is 23.9 Å². The van der Waals surface area contributed by atoms with Crippen molar-refractivity contribution >= 4 is 11.7 Å². The summed E-state index contributed by atoms with van der Waals surface area (Å²) in [6, 6.07) is 3.42. The number of carbonyl (C=O) groups is 2. The van der Waals surface area contributed by atoms with Crippen LogP contribution in [0.2, 0.25) is 0 Å². The van der Waals surface area contributed by atoms with Crippen LogP contribution in [0.15, 0.2) is 29.8 Å². The van der Waals surface area contributed by atoms with Crippen molar-refractivity contribution in [3.63, 3.8) is 0 Å². The van der Waals surface area contributed by atoms with Crippen molar-refractivity contribution in [2.45, 2.75) is 63.1 Å². The molecular weight excluding hydrogens is 372 g/mol. The lowest BCUT2D eigenvalue weighted by Crippen LogP contribution is -2.52. The number of ketones is 1. The third-order valence-electron chi connectivity index (χ3n) is 5.62. The second kappa shape index (κ2) is 8.97. The smallest absolute Gasteiger partial charge is 0.237 e. The largest absolute Gasteiger partial charge is 0.504 e. The number of aromatic hydroxyl groups is 1. The quantitative estimate of drug-likeness (QED) is 0.430. The van der Waals surface area contributed by atoms with E-state index in [9.17, 15) is 14.7 Å². The zero-order valence-electron chi connectivity index (χ0n) is 17.1. The number of allylic oxidation sites excluding steroid dienone is 1. The predicted octanol–water partition coefficient (Wildman–Crippen LogP) is 2.00. The van der Waals surface area contributed by atoms with E-state index in [1.807, 2.05) is 0 Å². The van der Waals surface area contributed by atoms with Crippen LogP contribution < -0.4 is 15.8 Å². The predicted molar refractivity (Wildman–Crippen MR) is 109 cm³/mol. The molecule has 1 aromatic rings. The summed E-state index contributed by atoms with van der Waals surface area (Å²) in [6.45, 7) is 2.14. The lowest BCUT2D eigenvalue weighted by Gasteiger charge is -2.24. The van der Waals surface area contributed by atoms with Gasteiger partial charge in [0.05, 0.1) is 25.8 Å². The Bertz CT molecular complexity index is 800. The number of hydrogen-bond acceptors (Lipinski definition) is 6. The molecule has 1 heterocycles. The molecule has 1 aromatic carbocycles. The Morgan fingerprint density at radius 1 is 1.34 bits per heavy atom. The van der Waals surface area contributed by atoms with Crippen LogP contribution in [-0.4, -0.2) is 48.2 Å². The lowest BCUT2D eigenvalue weighted by atomic mass is 9.89. The molecule has 3 rings (SSSR count). The summed E-state index contributed by atoms with van der Waals surface area (Å²) >= 11 is 0. The minimum atomic E-state index is -0.841. The molecule has 3 atom stereocenters. The fourth-order valence-electron chi connectivity index (χ4n) is 3.67. The third-order valence-corrected chi connectivity index (χ3v) is 5.62. The Morgan fingerprint density at radius 3 is 2.69 bits per heavy atom. The molecule has 1 aliphatic carbocycles. The number of hydrogen-bond donors (Lipinski definition) is 3. The average molecular weight is 402 g/mol.